The summed E-state index contributed by atoms with van der Waals surface area (Å²) in [5.74, 6) is -0.144. The molecule has 8 heteroatoms. The number of hydrogen-bond donors (Lipinski definition) is 1. The van der Waals surface area contributed by atoms with Crippen molar-refractivity contribution in [3.8, 4) is 0 Å². The zero-order valence-electron chi connectivity index (χ0n) is 17.4. The van der Waals surface area contributed by atoms with Crippen LogP contribution in [0.15, 0.2) is 18.3 Å². The van der Waals surface area contributed by atoms with Gasteiger partial charge in [0.05, 0.1) is 11.0 Å². The van der Waals surface area contributed by atoms with Crippen LogP contribution in [0.25, 0.3) is 0 Å². The summed E-state index contributed by atoms with van der Waals surface area (Å²) in [6.45, 7) is 3.96. The summed E-state index contributed by atoms with van der Waals surface area (Å²) in [5, 5.41) is 2.90. The number of amides is 3. The number of aromatic nitrogens is 1. The van der Waals surface area contributed by atoms with Gasteiger partial charge in [0, 0.05) is 52.3 Å². The van der Waals surface area contributed by atoms with Crippen molar-refractivity contribution < 1.29 is 19.1 Å². The van der Waals surface area contributed by atoms with E-state index in [4.69, 9.17) is 4.74 Å². The van der Waals surface area contributed by atoms with Gasteiger partial charge in [0.1, 0.15) is 6.04 Å². The summed E-state index contributed by atoms with van der Waals surface area (Å²) >= 11 is 0. The molecule has 158 valence electrons. The minimum Gasteiger partial charge on any atom is -0.385 e. The highest BCUT2D eigenvalue weighted by molar-refractivity contribution is 5.96. The molecule has 29 heavy (non-hydrogen) atoms. The largest absolute Gasteiger partial charge is 0.385 e. The molecule has 3 rings (SSSR count). The van der Waals surface area contributed by atoms with Crippen molar-refractivity contribution in [2.45, 2.75) is 38.6 Å². The molecule has 1 aromatic heterocycles. The first-order valence-electron chi connectivity index (χ1n) is 10.1. The number of carbonyl (C=O) groups is 3. The molecule has 1 aromatic rings. The molecule has 3 heterocycles. The highest BCUT2D eigenvalue weighted by Gasteiger charge is 2.53. The first-order chi connectivity index (χ1) is 13.9. The highest BCUT2D eigenvalue weighted by atomic mass is 16.5. The highest BCUT2D eigenvalue weighted by Crippen LogP contribution is 2.44. The summed E-state index contributed by atoms with van der Waals surface area (Å²) in [5.41, 5.74) is 0.760. The van der Waals surface area contributed by atoms with E-state index in [9.17, 15) is 14.4 Å². The quantitative estimate of drug-likeness (QED) is 0.717. The third kappa shape index (κ3) is 4.27. The first-order valence-corrected chi connectivity index (χ1v) is 10.1. The smallest absolute Gasteiger partial charge is 0.255 e. The lowest BCUT2D eigenvalue weighted by Crippen LogP contribution is -2.46. The number of rotatable bonds is 6. The van der Waals surface area contributed by atoms with Gasteiger partial charge in [0.15, 0.2) is 0 Å². The van der Waals surface area contributed by atoms with Gasteiger partial charge in [0.25, 0.3) is 5.91 Å². The number of nitrogens with zero attached hydrogens (tertiary/aromatic N) is 3. The number of likely N-dealkylation sites (tertiary alicyclic amines) is 2. The topological polar surface area (TPSA) is 91.8 Å². The molecule has 3 amide bonds. The van der Waals surface area contributed by atoms with Gasteiger partial charge < -0.3 is 19.9 Å². The van der Waals surface area contributed by atoms with Gasteiger partial charge >= 0.3 is 0 Å². The molecule has 0 aliphatic carbocycles. The van der Waals surface area contributed by atoms with E-state index in [2.05, 4.69) is 10.3 Å². The molecule has 2 saturated heterocycles. The number of likely N-dealkylation sites (N-methyl/N-ethyl adjacent to an activating group) is 1. The molecule has 0 bridgehead atoms. The van der Waals surface area contributed by atoms with E-state index >= 15 is 0 Å². The van der Waals surface area contributed by atoms with Crippen LogP contribution in [0.4, 0.5) is 0 Å². The number of ether oxygens (including phenoxy) is 1. The maximum absolute atomic E-state index is 13.0. The number of aryl methyl sites for hydroxylation is 1. The van der Waals surface area contributed by atoms with Crippen LogP contribution >= 0.6 is 0 Å². The molecule has 0 saturated carbocycles. The standard InChI is InChI=1S/C21H30N4O4/c1-15-16(6-4-9-22-15)19(27)25-11-7-21(8-12-25)14-17(24(2)20(21)28)18(26)23-10-5-13-29-3/h4,6,9,17H,5,7-8,10-14H2,1-3H3,(H,23,26). The van der Waals surface area contributed by atoms with Crippen molar-refractivity contribution in [2.75, 3.05) is 40.4 Å². The van der Waals surface area contributed by atoms with Gasteiger partial charge in [-0.1, -0.05) is 0 Å². The van der Waals surface area contributed by atoms with Gasteiger partial charge in [-0.15, -0.1) is 0 Å². The van der Waals surface area contributed by atoms with Gasteiger partial charge in [0.2, 0.25) is 11.8 Å². The van der Waals surface area contributed by atoms with E-state index in [1.54, 1.807) is 42.3 Å². The Morgan fingerprint density at radius 2 is 2.07 bits per heavy atom. The predicted molar refractivity (Wildman–Crippen MR) is 107 cm³/mol. The number of pyridine rings is 1. The molecular weight excluding hydrogens is 372 g/mol. The zero-order valence-corrected chi connectivity index (χ0v) is 17.4. The maximum Gasteiger partial charge on any atom is 0.255 e. The summed E-state index contributed by atoms with van der Waals surface area (Å²) in [6.07, 6.45) is 4.07. The fraction of sp³-hybridized carbons (Fsp3) is 0.619. The van der Waals surface area contributed by atoms with Crippen molar-refractivity contribution >= 4 is 17.7 Å². The Kier molecular flexibility index (Phi) is 6.52. The summed E-state index contributed by atoms with van der Waals surface area (Å²) in [6, 6.07) is 3.10. The van der Waals surface area contributed by atoms with Crippen molar-refractivity contribution in [3.05, 3.63) is 29.6 Å². The predicted octanol–water partition coefficient (Wildman–Crippen LogP) is 0.996. The van der Waals surface area contributed by atoms with Crippen molar-refractivity contribution in [2.24, 2.45) is 5.41 Å². The fourth-order valence-corrected chi connectivity index (χ4v) is 4.36. The first kappa shape index (κ1) is 21.2. The zero-order chi connectivity index (χ0) is 21.0. The number of nitrogens with one attached hydrogen (secondary N) is 1. The van der Waals surface area contributed by atoms with Crippen LogP contribution in [-0.4, -0.2) is 78.9 Å². The number of methoxy groups -OCH3 is 1. The molecule has 2 aliphatic rings. The Hall–Kier alpha value is -2.48. The second kappa shape index (κ2) is 8.90. The van der Waals surface area contributed by atoms with E-state index in [-0.39, 0.29) is 17.7 Å². The average Bonchev–Trinajstić information content (AvgIpc) is 2.97. The molecular formula is C21H30N4O4. The van der Waals surface area contributed by atoms with E-state index in [0.29, 0.717) is 56.8 Å². The lowest BCUT2D eigenvalue weighted by Gasteiger charge is -2.37. The van der Waals surface area contributed by atoms with Gasteiger partial charge in [-0.05, 0) is 44.7 Å². The van der Waals surface area contributed by atoms with Crippen molar-refractivity contribution in [1.29, 1.82) is 0 Å². The summed E-state index contributed by atoms with van der Waals surface area (Å²) in [7, 11) is 3.33. The second-order valence-electron chi connectivity index (χ2n) is 7.98. The Morgan fingerprint density at radius 1 is 1.34 bits per heavy atom. The second-order valence-corrected chi connectivity index (χ2v) is 7.98. The van der Waals surface area contributed by atoms with Gasteiger partial charge in [-0.3, -0.25) is 19.4 Å². The SMILES string of the molecule is COCCCNC(=O)C1CC2(CCN(C(=O)c3cccnc3C)CC2)C(=O)N1C. The minimum absolute atomic E-state index is 0.0131. The maximum atomic E-state index is 13.0. The van der Waals surface area contributed by atoms with Gasteiger partial charge in [-0.25, -0.2) is 0 Å². The fourth-order valence-electron chi connectivity index (χ4n) is 4.36. The number of carbonyl (C=O) groups excluding carboxylic acids is 3. The van der Waals surface area contributed by atoms with Crippen LogP contribution in [0.2, 0.25) is 0 Å². The third-order valence-electron chi connectivity index (χ3n) is 6.20. The monoisotopic (exact) mass is 402 g/mol. The molecule has 1 spiro atoms. The normalized spacial score (nSPS) is 20.9. The summed E-state index contributed by atoms with van der Waals surface area (Å²) < 4.78 is 4.99. The van der Waals surface area contributed by atoms with Crippen LogP contribution in [0.5, 0.6) is 0 Å². The van der Waals surface area contributed by atoms with Gasteiger partial charge in [-0.2, -0.15) is 0 Å². The van der Waals surface area contributed by atoms with Crippen molar-refractivity contribution in [3.63, 3.8) is 0 Å². The van der Waals surface area contributed by atoms with Crippen LogP contribution in [0.1, 0.15) is 41.7 Å². The Balaban J connectivity index is 1.61. The molecule has 2 fully saturated rings. The molecule has 1 unspecified atom stereocenters. The van der Waals surface area contributed by atoms with Crippen molar-refractivity contribution in [1.82, 2.24) is 20.1 Å². The summed E-state index contributed by atoms with van der Waals surface area (Å²) in [4.78, 5) is 45.9. The van der Waals surface area contributed by atoms with Crippen LogP contribution in [-0.2, 0) is 14.3 Å². The molecule has 0 aromatic carbocycles. The molecule has 1 N–H and O–H groups in total. The molecule has 0 radical (unpaired) electrons. The lowest BCUT2D eigenvalue weighted by atomic mass is 9.75. The number of hydrogen-bond acceptors (Lipinski definition) is 5. The number of piperidine rings is 1. The lowest BCUT2D eigenvalue weighted by molar-refractivity contribution is -0.139. The van der Waals surface area contributed by atoms with Crippen LogP contribution in [0, 0.1) is 12.3 Å². The molecule has 1 atom stereocenters. The van der Waals surface area contributed by atoms with E-state index < -0.39 is 11.5 Å². The van der Waals surface area contributed by atoms with E-state index in [1.807, 2.05) is 6.92 Å². The molecule has 8 nitrogen and oxygen atoms in total. The Bertz CT molecular complexity index is 774. The third-order valence-corrected chi connectivity index (χ3v) is 6.20. The molecule has 2 aliphatic heterocycles. The van der Waals surface area contributed by atoms with Crippen LogP contribution < -0.4 is 5.32 Å². The van der Waals surface area contributed by atoms with E-state index in [0.717, 1.165) is 6.42 Å². The Morgan fingerprint density at radius 3 is 2.72 bits per heavy atom. The Labute approximate surface area is 171 Å². The van der Waals surface area contributed by atoms with E-state index in [1.165, 1.54) is 0 Å². The minimum atomic E-state index is -0.552. The van der Waals surface area contributed by atoms with Crippen LogP contribution in [0.3, 0.4) is 0 Å². The average molecular weight is 402 g/mol.